The molecule has 0 unspecified atom stereocenters. The summed E-state index contributed by atoms with van der Waals surface area (Å²) in [4.78, 5) is 2.04. The smallest absolute Gasteiger partial charge is 0.387 e. The summed E-state index contributed by atoms with van der Waals surface area (Å²) in [7, 11) is 0. The van der Waals surface area contributed by atoms with Gasteiger partial charge in [0, 0.05) is 18.8 Å². The van der Waals surface area contributed by atoms with Crippen LogP contribution in [0.25, 0.3) is 0 Å². The number of rotatable bonds is 3. The lowest BCUT2D eigenvalue weighted by atomic mass is 10.2. The van der Waals surface area contributed by atoms with Crippen molar-refractivity contribution in [3.63, 3.8) is 0 Å². The first kappa shape index (κ1) is 15.9. The van der Waals surface area contributed by atoms with Gasteiger partial charge in [0.15, 0.2) is 5.11 Å². The van der Waals surface area contributed by atoms with Crippen LogP contribution in [0.1, 0.15) is 13.8 Å². The van der Waals surface area contributed by atoms with E-state index in [1.165, 1.54) is 12.1 Å². The molecule has 1 aromatic rings. The molecule has 0 aromatic heterocycles. The molecular weight excluding hydrogens is 298 g/mol. The summed E-state index contributed by atoms with van der Waals surface area (Å²) in [6, 6.07) is 6.25. The molecule has 0 amide bonds. The zero-order valence-corrected chi connectivity index (χ0v) is 12.7. The molecule has 0 saturated carbocycles. The largest absolute Gasteiger partial charge is 0.435 e. The molecule has 1 saturated heterocycles. The van der Waals surface area contributed by atoms with Gasteiger partial charge >= 0.3 is 6.61 Å². The Balaban J connectivity index is 1.93. The second kappa shape index (κ2) is 7.00. The third kappa shape index (κ3) is 4.78. The molecule has 0 radical (unpaired) electrons. The lowest BCUT2D eigenvalue weighted by molar-refractivity contribution is -0.0498. The van der Waals surface area contributed by atoms with Crippen molar-refractivity contribution >= 4 is 23.0 Å². The van der Waals surface area contributed by atoms with Crippen LogP contribution >= 0.6 is 12.2 Å². The molecule has 1 aromatic carbocycles. The fourth-order valence-corrected chi connectivity index (χ4v) is 2.53. The van der Waals surface area contributed by atoms with E-state index in [9.17, 15) is 8.78 Å². The number of hydrogen-bond donors (Lipinski definition) is 1. The molecule has 1 heterocycles. The number of benzene rings is 1. The van der Waals surface area contributed by atoms with E-state index >= 15 is 0 Å². The van der Waals surface area contributed by atoms with Crippen molar-refractivity contribution in [2.45, 2.75) is 32.7 Å². The maximum atomic E-state index is 12.1. The van der Waals surface area contributed by atoms with Crippen molar-refractivity contribution in [2.75, 3.05) is 18.4 Å². The van der Waals surface area contributed by atoms with Crippen LogP contribution in [0, 0.1) is 0 Å². The Morgan fingerprint density at radius 2 is 1.86 bits per heavy atom. The van der Waals surface area contributed by atoms with Gasteiger partial charge < -0.3 is 19.7 Å². The Hall–Kier alpha value is -1.47. The van der Waals surface area contributed by atoms with Gasteiger partial charge in [-0.15, -0.1) is 0 Å². The third-order valence-electron chi connectivity index (χ3n) is 3.04. The Kier molecular flexibility index (Phi) is 5.30. The molecule has 4 nitrogen and oxygen atoms in total. The third-order valence-corrected chi connectivity index (χ3v) is 3.40. The fraction of sp³-hybridized carbons (Fsp3) is 0.500. The van der Waals surface area contributed by atoms with Crippen LogP contribution in [0.4, 0.5) is 14.5 Å². The number of halogens is 2. The summed E-state index contributed by atoms with van der Waals surface area (Å²) in [6.07, 6.45) is 0.241. The number of nitrogens with one attached hydrogen (secondary N) is 1. The minimum Gasteiger partial charge on any atom is -0.435 e. The molecule has 2 rings (SSSR count). The fourth-order valence-electron chi connectivity index (χ4n) is 2.27. The topological polar surface area (TPSA) is 33.7 Å². The Morgan fingerprint density at radius 3 is 2.38 bits per heavy atom. The summed E-state index contributed by atoms with van der Waals surface area (Å²) < 4.78 is 34.1. The number of ether oxygens (including phenoxy) is 2. The predicted octanol–water partition coefficient (Wildman–Crippen LogP) is 3.09. The maximum absolute atomic E-state index is 12.1. The van der Waals surface area contributed by atoms with E-state index in [0.29, 0.717) is 5.11 Å². The molecule has 0 spiro atoms. The predicted molar refractivity (Wildman–Crippen MR) is 80.9 cm³/mol. The molecule has 116 valence electrons. The van der Waals surface area contributed by atoms with Crippen LogP contribution in [-0.2, 0) is 4.74 Å². The van der Waals surface area contributed by atoms with Crippen LogP contribution < -0.4 is 10.1 Å². The van der Waals surface area contributed by atoms with Crippen molar-refractivity contribution < 1.29 is 18.3 Å². The van der Waals surface area contributed by atoms with Gasteiger partial charge in [-0.3, -0.25) is 0 Å². The highest BCUT2D eigenvalue weighted by atomic mass is 32.1. The second-order valence-corrected chi connectivity index (χ2v) is 5.38. The van der Waals surface area contributed by atoms with Gasteiger partial charge in [-0.1, -0.05) is 0 Å². The molecule has 0 aliphatic carbocycles. The van der Waals surface area contributed by atoms with E-state index in [1.807, 2.05) is 18.7 Å². The summed E-state index contributed by atoms with van der Waals surface area (Å²) in [6.45, 7) is 2.64. The van der Waals surface area contributed by atoms with Crippen LogP contribution in [-0.4, -0.2) is 41.9 Å². The van der Waals surface area contributed by atoms with Crippen LogP contribution in [0.15, 0.2) is 24.3 Å². The molecule has 1 N–H and O–H groups in total. The summed E-state index contributed by atoms with van der Waals surface area (Å²) in [5, 5.41) is 3.69. The van der Waals surface area contributed by atoms with Crippen LogP contribution in [0.2, 0.25) is 0 Å². The highest BCUT2D eigenvalue weighted by Gasteiger charge is 2.23. The Morgan fingerprint density at radius 1 is 1.29 bits per heavy atom. The first-order chi connectivity index (χ1) is 9.94. The molecule has 1 aliphatic heterocycles. The SMILES string of the molecule is C[C@H]1CN(C(=S)Nc2ccc(OC(F)F)cc2)C[C@H](C)O1. The number of nitrogens with zero attached hydrogens (tertiary/aromatic N) is 1. The summed E-state index contributed by atoms with van der Waals surface area (Å²) in [5.41, 5.74) is 0.730. The van der Waals surface area contributed by atoms with E-state index in [4.69, 9.17) is 17.0 Å². The number of anilines is 1. The van der Waals surface area contributed by atoms with Crippen molar-refractivity contribution in [1.82, 2.24) is 4.90 Å². The molecular formula is C14H18F2N2O2S. The Bertz CT molecular complexity index is 474. The number of morpholine rings is 1. The van der Waals surface area contributed by atoms with Gasteiger partial charge in [-0.25, -0.2) is 0 Å². The average molecular weight is 316 g/mol. The van der Waals surface area contributed by atoms with Gasteiger partial charge in [0.2, 0.25) is 0 Å². The van der Waals surface area contributed by atoms with Crippen molar-refractivity contribution in [3.8, 4) is 5.75 Å². The molecule has 7 heteroatoms. The minimum atomic E-state index is -2.82. The normalized spacial score (nSPS) is 22.2. The molecule has 21 heavy (non-hydrogen) atoms. The van der Waals surface area contributed by atoms with E-state index in [0.717, 1.165) is 18.8 Å². The van der Waals surface area contributed by atoms with Crippen LogP contribution in [0.5, 0.6) is 5.75 Å². The number of alkyl halides is 2. The van der Waals surface area contributed by atoms with Gasteiger partial charge in [0.05, 0.1) is 12.2 Å². The minimum absolute atomic E-state index is 0.120. The lowest BCUT2D eigenvalue weighted by Crippen LogP contribution is -2.49. The standard InChI is InChI=1S/C14H18F2N2O2S/c1-9-7-18(8-10(2)19-9)14(21)17-11-3-5-12(6-4-11)20-13(15)16/h3-6,9-10,13H,7-8H2,1-2H3,(H,17,21)/t9-,10-/m0/s1. The molecule has 1 aliphatic rings. The van der Waals surface area contributed by atoms with Crippen molar-refractivity contribution in [2.24, 2.45) is 0 Å². The van der Waals surface area contributed by atoms with E-state index < -0.39 is 6.61 Å². The quantitative estimate of drug-likeness (QED) is 0.867. The molecule has 1 fully saturated rings. The van der Waals surface area contributed by atoms with E-state index in [-0.39, 0.29) is 18.0 Å². The average Bonchev–Trinajstić information content (AvgIpc) is 2.39. The maximum Gasteiger partial charge on any atom is 0.387 e. The van der Waals surface area contributed by atoms with Crippen molar-refractivity contribution in [3.05, 3.63) is 24.3 Å². The van der Waals surface area contributed by atoms with Crippen LogP contribution in [0.3, 0.4) is 0 Å². The lowest BCUT2D eigenvalue weighted by Gasteiger charge is -2.36. The second-order valence-electron chi connectivity index (χ2n) is 5.00. The number of hydrogen-bond acceptors (Lipinski definition) is 3. The molecule has 2 atom stereocenters. The highest BCUT2D eigenvalue weighted by Crippen LogP contribution is 2.19. The molecule has 0 bridgehead atoms. The van der Waals surface area contributed by atoms with Gasteiger partial charge in [0.25, 0.3) is 0 Å². The first-order valence-corrected chi connectivity index (χ1v) is 7.11. The van der Waals surface area contributed by atoms with E-state index in [2.05, 4.69) is 10.1 Å². The number of thiocarbonyl (C=S) groups is 1. The first-order valence-electron chi connectivity index (χ1n) is 6.70. The van der Waals surface area contributed by atoms with Gasteiger partial charge in [0.1, 0.15) is 5.75 Å². The van der Waals surface area contributed by atoms with Gasteiger partial charge in [-0.05, 0) is 50.3 Å². The summed E-state index contributed by atoms with van der Waals surface area (Å²) >= 11 is 5.37. The van der Waals surface area contributed by atoms with E-state index in [1.54, 1.807) is 12.1 Å². The highest BCUT2D eigenvalue weighted by molar-refractivity contribution is 7.80. The van der Waals surface area contributed by atoms with Crippen molar-refractivity contribution in [1.29, 1.82) is 0 Å². The summed E-state index contributed by atoms with van der Waals surface area (Å²) in [5.74, 6) is 0.120. The van der Waals surface area contributed by atoms with Gasteiger partial charge in [-0.2, -0.15) is 8.78 Å². The zero-order valence-electron chi connectivity index (χ0n) is 11.9. The zero-order chi connectivity index (χ0) is 15.4. The Labute approximate surface area is 128 Å². The monoisotopic (exact) mass is 316 g/mol.